The summed E-state index contributed by atoms with van der Waals surface area (Å²) in [7, 11) is 0. The number of nitrogens with zero attached hydrogens (tertiary/aromatic N) is 1. The standard InChI is InChI=1S/C21H19ClN4O4S2/c22-16-7-8-17(32-16)24-21(29)25-19(15-2-1-11-31-15)20(28)23-13-3-5-14(6-4-13)26-9-10-30-12-18(26)27/h1-8,11,19H,9-10,12H2,(H,23,28)(H2,24,25,29). The molecule has 4 rings (SSSR count). The Hall–Kier alpha value is -2.92. The minimum atomic E-state index is -0.883. The predicted octanol–water partition coefficient (Wildman–Crippen LogP) is 4.33. The van der Waals surface area contributed by atoms with Crippen LogP contribution in [0.4, 0.5) is 21.2 Å². The fourth-order valence-electron chi connectivity index (χ4n) is 3.11. The van der Waals surface area contributed by atoms with E-state index in [4.69, 9.17) is 16.3 Å². The van der Waals surface area contributed by atoms with Gasteiger partial charge in [-0.1, -0.05) is 17.7 Å². The molecule has 0 bridgehead atoms. The second-order valence-electron chi connectivity index (χ2n) is 6.78. The first-order valence-corrected chi connectivity index (χ1v) is 11.7. The zero-order valence-electron chi connectivity index (χ0n) is 16.7. The van der Waals surface area contributed by atoms with E-state index < -0.39 is 12.1 Å². The van der Waals surface area contributed by atoms with E-state index >= 15 is 0 Å². The number of thiophene rings is 2. The van der Waals surface area contributed by atoms with Gasteiger partial charge in [-0.05, 0) is 47.8 Å². The SMILES string of the molecule is O=C(Nc1ccc(Cl)s1)NC(C(=O)Nc1ccc(N2CCOCC2=O)cc1)c1cccs1. The third-order valence-corrected chi connectivity index (χ3v) is 6.69. The Balaban J connectivity index is 1.43. The Bertz CT molecular complexity index is 1100. The quantitative estimate of drug-likeness (QED) is 0.479. The summed E-state index contributed by atoms with van der Waals surface area (Å²) in [5.41, 5.74) is 1.28. The van der Waals surface area contributed by atoms with Gasteiger partial charge in [0, 0.05) is 22.8 Å². The number of nitrogens with one attached hydrogen (secondary N) is 3. The molecule has 3 aromatic rings. The number of hydrogen-bond donors (Lipinski definition) is 3. The minimum absolute atomic E-state index is 0.0619. The number of urea groups is 1. The second kappa shape index (κ2) is 10.1. The molecule has 1 fully saturated rings. The lowest BCUT2D eigenvalue weighted by Crippen LogP contribution is -2.41. The number of amides is 4. The molecule has 0 radical (unpaired) electrons. The number of carbonyl (C=O) groups excluding carboxylic acids is 3. The smallest absolute Gasteiger partial charge is 0.320 e. The average Bonchev–Trinajstić information content (AvgIpc) is 3.45. The number of benzene rings is 1. The monoisotopic (exact) mass is 490 g/mol. The molecule has 1 saturated heterocycles. The second-order valence-corrected chi connectivity index (χ2v) is 9.48. The van der Waals surface area contributed by atoms with Gasteiger partial charge in [-0.15, -0.1) is 22.7 Å². The zero-order chi connectivity index (χ0) is 22.5. The Labute approximate surface area is 197 Å². The van der Waals surface area contributed by atoms with Crippen LogP contribution in [0, 0.1) is 0 Å². The average molecular weight is 491 g/mol. The van der Waals surface area contributed by atoms with Crippen LogP contribution in [0.5, 0.6) is 0 Å². The van der Waals surface area contributed by atoms with E-state index in [2.05, 4.69) is 16.0 Å². The Kier molecular flexibility index (Phi) is 7.05. The maximum atomic E-state index is 13.0. The molecule has 1 aliphatic rings. The molecule has 2 aromatic heterocycles. The van der Waals surface area contributed by atoms with Crippen LogP contribution in [0.15, 0.2) is 53.9 Å². The maximum absolute atomic E-state index is 13.0. The van der Waals surface area contributed by atoms with Crippen LogP contribution in [0.25, 0.3) is 0 Å². The van der Waals surface area contributed by atoms with Gasteiger partial charge < -0.3 is 20.3 Å². The van der Waals surface area contributed by atoms with Crippen molar-refractivity contribution in [3.05, 3.63) is 63.1 Å². The molecule has 1 aliphatic heterocycles. The van der Waals surface area contributed by atoms with Gasteiger partial charge in [0.15, 0.2) is 0 Å². The molecule has 32 heavy (non-hydrogen) atoms. The number of ether oxygens (including phenoxy) is 1. The predicted molar refractivity (Wildman–Crippen MR) is 127 cm³/mol. The Morgan fingerprint density at radius 3 is 2.56 bits per heavy atom. The summed E-state index contributed by atoms with van der Waals surface area (Å²) in [6.07, 6.45) is 0. The van der Waals surface area contributed by atoms with Gasteiger partial charge in [0.2, 0.25) is 0 Å². The molecule has 8 nitrogen and oxygen atoms in total. The third kappa shape index (κ3) is 5.46. The Morgan fingerprint density at radius 1 is 1.09 bits per heavy atom. The minimum Gasteiger partial charge on any atom is -0.370 e. The van der Waals surface area contributed by atoms with Gasteiger partial charge in [0.1, 0.15) is 12.6 Å². The van der Waals surface area contributed by atoms with Crippen molar-refractivity contribution in [2.24, 2.45) is 0 Å². The van der Waals surface area contributed by atoms with E-state index in [-0.39, 0.29) is 18.4 Å². The van der Waals surface area contributed by atoms with Gasteiger partial charge in [0.05, 0.1) is 15.9 Å². The topological polar surface area (TPSA) is 99.8 Å². The molecule has 3 N–H and O–H groups in total. The highest BCUT2D eigenvalue weighted by atomic mass is 35.5. The zero-order valence-corrected chi connectivity index (χ0v) is 19.1. The van der Waals surface area contributed by atoms with Crippen molar-refractivity contribution in [3.63, 3.8) is 0 Å². The highest BCUT2D eigenvalue weighted by Crippen LogP contribution is 2.27. The normalized spacial score (nSPS) is 14.7. The molecule has 0 spiro atoms. The highest BCUT2D eigenvalue weighted by molar-refractivity contribution is 7.20. The fourth-order valence-corrected chi connectivity index (χ4v) is 4.82. The van der Waals surface area contributed by atoms with Crippen molar-refractivity contribution < 1.29 is 19.1 Å². The molecule has 1 atom stereocenters. The molecule has 0 saturated carbocycles. The number of halogens is 1. The molecule has 1 unspecified atom stereocenters. The molecule has 3 heterocycles. The number of hydrogen-bond acceptors (Lipinski definition) is 6. The van der Waals surface area contributed by atoms with Crippen molar-refractivity contribution in [2.75, 3.05) is 35.3 Å². The number of anilines is 3. The van der Waals surface area contributed by atoms with Gasteiger partial charge in [0.25, 0.3) is 11.8 Å². The van der Waals surface area contributed by atoms with Crippen molar-refractivity contribution in [1.29, 1.82) is 0 Å². The van der Waals surface area contributed by atoms with E-state index in [1.807, 2.05) is 11.4 Å². The Morgan fingerprint density at radius 2 is 1.91 bits per heavy atom. The molecule has 4 amide bonds. The van der Waals surface area contributed by atoms with Crippen LogP contribution < -0.4 is 20.9 Å². The number of carbonyl (C=O) groups is 3. The van der Waals surface area contributed by atoms with Gasteiger partial charge in [-0.25, -0.2) is 4.79 Å². The first-order chi connectivity index (χ1) is 15.5. The molecular weight excluding hydrogens is 472 g/mol. The van der Waals surface area contributed by atoms with Crippen LogP contribution >= 0.6 is 34.3 Å². The summed E-state index contributed by atoms with van der Waals surface area (Å²) in [4.78, 5) is 39.8. The highest BCUT2D eigenvalue weighted by Gasteiger charge is 2.25. The summed E-state index contributed by atoms with van der Waals surface area (Å²) in [6.45, 7) is 1.03. The van der Waals surface area contributed by atoms with Crippen LogP contribution in [0.1, 0.15) is 10.9 Å². The van der Waals surface area contributed by atoms with Gasteiger partial charge >= 0.3 is 6.03 Å². The van der Waals surface area contributed by atoms with E-state index in [0.717, 1.165) is 5.69 Å². The number of morpholine rings is 1. The van der Waals surface area contributed by atoms with Crippen molar-refractivity contribution in [1.82, 2.24) is 5.32 Å². The molecule has 166 valence electrons. The molecule has 11 heteroatoms. The van der Waals surface area contributed by atoms with E-state index in [9.17, 15) is 14.4 Å². The largest absolute Gasteiger partial charge is 0.370 e. The molecule has 0 aliphatic carbocycles. The van der Waals surface area contributed by atoms with E-state index in [1.54, 1.807) is 47.4 Å². The van der Waals surface area contributed by atoms with Crippen molar-refractivity contribution >= 4 is 68.5 Å². The first kappa shape index (κ1) is 22.3. The summed E-state index contributed by atoms with van der Waals surface area (Å²) in [6, 6.07) is 12.5. The summed E-state index contributed by atoms with van der Waals surface area (Å²) >= 11 is 8.49. The van der Waals surface area contributed by atoms with Crippen LogP contribution in [-0.2, 0) is 14.3 Å². The van der Waals surface area contributed by atoms with Crippen molar-refractivity contribution in [3.8, 4) is 0 Å². The van der Waals surface area contributed by atoms with Crippen molar-refractivity contribution in [2.45, 2.75) is 6.04 Å². The van der Waals surface area contributed by atoms with Crippen LogP contribution in [-0.4, -0.2) is 37.6 Å². The maximum Gasteiger partial charge on any atom is 0.320 e. The molecular formula is C21H19ClN4O4S2. The van der Waals surface area contributed by atoms with Gasteiger partial charge in [-0.3, -0.25) is 14.9 Å². The first-order valence-electron chi connectivity index (χ1n) is 9.65. The molecule has 1 aromatic carbocycles. The fraction of sp³-hybridized carbons (Fsp3) is 0.190. The van der Waals surface area contributed by atoms with Gasteiger partial charge in [-0.2, -0.15) is 0 Å². The number of rotatable bonds is 6. The summed E-state index contributed by atoms with van der Waals surface area (Å²) in [5.74, 6) is -0.491. The van der Waals surface area contributed by atoms with Crippen LogP contribution in [0.3, 0.4) is 0 Å². The van der Waals surface area contributed by atoms with E-state index in [0.29, 0.717) is 33.1 Å². The van der Waals surface area contributed by atoms with E-state index in [1.165, 1.54) is 22.7 Å². The summed E-state index contributed by atoms with van der Waals surface area (Å²) < 4.78 is 5.70. The lowest BCUT2D eigenvalue weighted by molar-refractivity contribution is -0.125. The third-order valence-electron chi connectivity index (χ3n) is 4.61. The van der Waals surface area contributed by atoms with Crippen LogP contribution in [0.2, 0.25) is 4.34 Å². The lowest BCUT2D eigenvalue weighted by Gasteiger charge is -2.27. The summed E-state index contributed by atoms with van der Waals surface area (Å²) in [5, 5.41) is 10.6. The lowest BCUT2D eigenvalue weighted by atomic mass is 10.2.